The minimum atomic E-state index is -0.492. The van der Waals surface area contributed by atoms with Crippen LogP contribution < -0.4 is 0 Å². The van der Waals surface area contributed by atoms with Crippen molar-refractivity contribution in [3.63, 3.8) is 0 Å². The Balaban J connectivity index is 2.17. The minimum absolute atomic E-state index is 0.0875. The molecule has 1 aliphatic heterocycles. The summed E-state index contributed by atoms with van der Waals surface area (Å²) in [5.74, 6) is -0.339. The van der Waals surface area contributed by atoms with Gasteiger partial charge in [0.15, 0.2) is 0 Å². The molecule has 0 spiro atoms. The van der Waals surface area contributed by atoms with Gasteiger partial charge in [-0.2, -0.15) is 0 Å². The average molecular weight is 257 g/mol. The van der Waals surface area contributed by atoms with Crippen LogP contribution in [0, 0.1) is 0 Å². The second-order valence-electron chi connectivity index (χ2n) is 5.50. The van der Waals surface area contributed by atoms with Gasteiger partial charge in [-0.05, 0) is 40.0 Å². The standard InChI is InChI=1S/C13H23NO4/c1-13(2,3)18-11(15)7-10-17-12(16)14-8-5-4-6-9-14/h4-10H2,1-3H3. The molecule has 0 aliphatic carbocycles. The molecule has 0 aromatic carbocycles. The molecule has 5 heteroatoms. The minimum Gasteiger partial charge on any atom is -0.460 e. The fourth-order valence-electron chi connectivity index (χ4n) is 1.78. The number of amides is 1. The molecule has 5 nitrogen and oxygen atoms in total. The zero-order chi connectivity index (χ0) is 13.6. The van der Waals surface area contributed by atoms with E-state index in [4.69, 9.17) is 9.47 Å². The summed E-state index contributed by atoms with van der Waals surface area (Å²) in [6, 6.07) is 0. The van der Waals surface area contributed by atoms with Crippen LogP contribution in [0.15, 0.2) is 0 Å². The maximum Gasteiger partial charge on any atom is 0.409 e. The number of likely N-dealkylation sites (tertiary alicyclic amines) is 1. The monoisotopic (exact) mass is 257 g/mol. The molecule has 0 bridgehead atoms. The molecule has 1 heterocycles. The first kappa shape index (κ1) is 14.8. The molecule has 104 valence electrons. The van der Waals surface area contributed by atoms with Crippen molar-refractivity contribution in [3.8, 4) is 0 Å². The summed E-state index contributed by atoms with van der Waals surface area (Å²) in [6.45, 7) is 7.03. The Labute approximate surface area is 108 Å². The highest BCUT2D eigenvalue weighted by Gasteiger charge is 2.19. The summed E-state index contributed by atoms with van der Waals surface area (Å²) < 4.78 is 10.2. The summed E-state index contributed by atoms with van der Waals surface area (Å²) in [7, 11) is 0. The van der Waals surface area contributed by atoms with E-state index < -0.39 is 5.60 Å². The van der Waals surface area contributed by atoms with Crippen molar-refractivity contribution < 1.29 is 19.1 Å². The van der Waals surface area contributed by atoms with Crippen molar-refractivity contribution in [1.82, 2.24) is 4.90 Å². The summed E-state index contributed by atoms with van der Waals surface area (Å²) in [4.78, 5) is 24.7. The molecular formula is C13H23NO4. The van der Waals surface area contributed by atoms with Crippen LogP contribution >= 0.6 is 0 Å². The predicted octanol–water partition coefficient (Wildman–Crippen LogP) is 2.34. The number of hydrogen-bond acceptors (Lipinski definition) is 4. The van der Waals surface area contributed by atoms with Crippen molar-refractivity contribution >= 4 is 12.1 Å². The number of rotatable bonds is 3. The Hall–Kier alpha value is -1.26. The van der Waals surface area contributed by atoms with Crippen LogP contribution in [0.4, 0.5) is 4.79 Å². The van der Waals surface area contributed by atoms with Crippen LogP contribution in [0.5, 0.6) is 0 Å². The molecule has 0 radical (unpaired) electrons. The van der Waals surface area contributed by atoms with E-state index >= 15 is 0 Å². The first-order valence-electron chi connectivity index (χ1n) is 6.52. The fourth-order valence-corrected chi connectivity index (χ4v) is 1.78. The van der Waals surface area contributed by atoms with Crippen LogP contribution in [0.2, 0.25) is 0 Å². The van der Waals surface area contributed by atoms with Crippen LogP contribution in [-0.2, 0) is 14.3 Å². The largest absolute Gasteiger partial charge is 0.460 e. The third-order valence-corrected chi connectivity index (χ3v) is 2.57. The van der Waals surface area contributed by atoms with Gasteiger partial charge in [-0.25, -0.2) is 4.79 Å². The molecule has 1 amide bonds. The molecule has 1 rings (SSSR count). The van der Waals surface area contributed by atoms with Crippen molar-refractivity contribution in [2.75, 3.05) is 19.7 Å². The zero-order valence-corrected chi connectivity index (χ0v) is 11.5. The summed E-state index contributed by atoms with van der Waals surface area (Å²) in [5.41, 5.74) is -0.492. The number of piperidine rings is 1. The molecule has 1 aliphatic rings. The zero-order valence-electron chi connectivity index (χ0n) is 11.5. The molecule has 0 atom stereocenters. The molecular weight excluding hydrogens is 234 g/mol. The van der Waals surface area contributed by atoms with E-state index in [-0.39, 0.29) is 25.1 Å². The van der Waals surface area contributed by atoms with Crippen LogP contribution in [0.3, 0.4) is 0 Å². The number of hydrogen-bond donors (Lipinski definition) is 0. The molecule has 0 aromatic rings. The van der Waals surface area contributed by atoms with E-state index in [1.807, 2.05) is 20.8 Å². The van der Waals surface area contributed by atoms with E-state index in [0.29, 0.717) is 0 Å². The van der Waals surface area contributed by atoms with Gasteiger partial charge in [-0.15, -0.1) is 0 Å². The van der Waals surface area contributed by atoms with Crippen molar-refractivity contribution in [2.24, 2.45) is 0 Å². The third kappa shape index (κ3) is 5.89. The molecule has 0 unspecified atom stereocenters. The molecule has 18 heavy (non-hydrogen) atoms. The Kier molecular flexibility index (Phi) is 5.44. The molecule has 1 saturated heterocycles. The van der Waals surface area contributed by atoms with Gasteiger partial charge in [0, 0.05) is 13.1 Å². The third-order valence-electron chi connectivity index (χ3n) is 2.57. The maximum atomic E-state index is 11.6. The van der Waals surface area contributed by atoms with Crippen molar-refractivity contribution in [2.45, 2.75) is 52.1 Å². The first-order valence-corrected chi connectivity index (χ1v) is 6.52. The Bertz CT molecular complexity index is 290. The first-order chi connectivity index (χ1) is 8.38. The second-order valence-corrected chi connectivity index (χ2v) is 5.50. The lowest BCUT2D eigenvalue weighted by Gasteiger charge is -2.25. The highest BCUT2D eigenvalue weighted by atomic mass is 16.6. The molecule has 0 N–H and O–H groups in total. The molecule has 0 aromatic heterocycles. The van der Waals surface area contributed by atoms with Crippen LogP contribution in [0.25, 0.3) is 0 Å². The number of esters is 1. The predicted molar refractivity (Wildman–Crippen MR) is 67.2 cm³/mol. The molecule has 1 fully saturated rings. The average Bonchev–Trinajstić information content (AvgIpc) is 2.27. The number of ether oxygens (including phenoxy) is 2. The number of nitrogens with zero attached hydrogens (tertiary/aromatic N) is 1. The Morgan fingerprint density at radius 1 is 1.11 bits per heavy atom. The van der Waals surface area contributed by atoms with Crippen molar-refractivity contribution in [1.29, 1.82) is 0 Å². The van der Waals surface area contributed by atoms with Gasteiger partial charge in [0.2, 0.25) is 0 Å². The maximum absolute atomic E-state index is 11.6. The van der Waals surface area contributed by atoms with Crippen molar-refractivity contribution in [3.05, 3.63) is 0 Å². The van der Waals surface area contributed by atoms with Gasteiger partial charge < -0.3 is 14.4 Å². The topological polar surface area (TPSA) is 55.8 Å². The SMILES string of the molecule is CC(C)(C)OC(=O)CCOC(=O)N1CCCCC1. The second kappa shape index (κ2) is 6.61. The number of carbonyl (C=O) groups is 2. The normalized spacial score (nSPS) is 16.3. The van der Waals surface area contributed by atoms with Crippen LogP contribution in [0.1, 0.15) is 46.5 Å². The van der Waals surface area contributed by atoms with Gasteiger partial charge >= 0.3 is 12.1 Å². The number of carbonyl (C=O) groups excluding carboxylic acids is 2. The Morgan fingerprint density at radius 2 is 1.72 bits per heavy atom. The lowest BCUT2D eigenvalue weighted by molar-refractivity contribution is -0.155. The highest BCUT2D eigenvalue weighted by Crippen LogP contribution is 2.11. The van der Waals surface area contributed by atoms with Gasteiger partial charge in [0.05, 0.1) is 6.42 Å². The molecule has 0 saturated carbocycles. The fraction of sp³-hybridized carbons (Fsp3) is 0.846. The van der Waals surface area contributed by atoms with E-state index in [0.717, 1.165) is 25.9 Å². The van der Waals surface area contributed by atoms with Gasteiger partial charge in [0.25, 0.3) is 0 Å². The summed E-state index contributed by atoms with van der Waals surface area (Å²) in [5, 5.41) is 0. The van der Waals surface area contributed by atoms with E-state index in [1.54, 1.807) is 4.90 Å². The van der Waals surface area contributed by atoms with Gasteiger partial charge in [-0.1, -0.05) is 0 Å². The quantitative estimate of drug-likeness (QED) is 0.728. The van der Waals surface area contributed by atoms with Gasteiger partial charge in [0.1, 0.15) is 12.2 Å². The van der Waals surface area contributed by atoms with E-state index in [9.17, 15) is 9.59 Å². The highest BCUT2D eigenvalue weighted by molar-refractivity contribution is 5.71. The van der Waals surface area contributed by atoms with Gasteiger partial charge in [-0.3, -0.25) is 4.79 Å². The summed E-state index contributed by atoms with van der Waals surface area (Å²) >= 11 is 0. The van der Waals surface area contributed by atoms with Crippen LogP contribution in [-0.4, -0.2) is 42.3 Å². The van der Waals surface area contributed by atoms with E-state index in [2.05, 4.69) is 0 Å². The lowest BCUT2D eigenvalue weighted by Crippen LogP contribution is -2.36. The smallest absolute Gasteiger partial charge is 0.409 e. The lowest BCUT2D eigenvalue weighted by atomic mass is 10.1. The van der Waals surface area contributed by atoms with E-state index in [1.165, 1.54) is 6.42 Å². The Morgan fingerprint density at radius 3 is 2.28 bits per heavy atom. The summed E-state index contributed by atoms with van der Waals surface area (Å²) in [6.07, 6.45) is 3.01.